The van der Waals surface area contributed by atoms with Crippen molar-refractivity contribution in [1.82, 2.24) is 24.2 Å². The number of nitrogens with zero attached hydrogens (tertiary/aromatic N) is 6. The molecule has 0 unspecified atom stereocenters. The molecule has 5 rings (SSSR count). The van der Waals surface area contributed by atoms with Gasteiger partial charge in [0.2, 0.25) is 5.91 Å². The second kappa shape index (κ2) is 9.61. The molecule has 4 aromatic rings. The summed E-state index contributed by atoms with van der Waals surface area (Å²) < 4.78 is 8.62. The number of hydrogen-bond donors (Lipinski definition) is 0. The van der Waals surface area contributed by atoms with E-state index in [1.54, 1.807) is 18.0 Å². The molecule has 0 spiro atoms. The summed E-state index contributed by atoms with van der Waals surface area (Å²) in [5.74, 6) is 0.868. The van der Waals surface area contributed by atoms with Gasteiger partial charge in [-0.05, 0) is 31.2 Å². The first-order valence-corrected chi connectivity index (χ1v) is 11.7. The number of carbonyl (C=O) groups excluding carboxylic acids is 1. The van der Waals surface area contributed by atoms with Crippen molar-refractivity contribution in [2.45, 2.75) is 19.9 Å². The van der Waals surface area contributed by atoms with Crippen molar-refractivity contribution in [2.24, 2.45) is 0 Å². The molecule has 2 aromatic heterocycles. The Kier molecular flexibility index (Phi) is 6.22. The number of amides is 1. The van der Waals surface area contributed by atoms with Crippen LogP contribution in [0.15, 0.2) is 65.8 Å². The summed E-state index contributed by atoms with van der Waals surface area (Å²) >= 11 is 0. The number of rotatable bonds is 6. The molecule has 3 heterocycles. The van der Waals surface area contributed by atoms with Crippen molar-refractivity contribution in [2.75, 3.05) is 38.2 Å². The molecule has 2 aromatic carbocycles. The predicted octanol–water partition coefficient (Wildman–Crippen LogP) is 2.64. The number of aromatic nitrogens is 4. The van der Waals surface area contributed by atoms with E-state index in [0.29, 0.717) is 24.1 Å². The molecule has 1 aliphatic rings. The van der Waals surface area contributed by atoms with Gasteiger partial charge in [-0.3, -0.25) is 14.2 Å². The number of anilines is 1. The zero-order valence-electron chi connectivity index (χ0n) is 19.9. The third-order valence-electron chi connectivity index (χ3n) is 6.46. The van der Waals surface area contributed by atoms with E-state index >= 15 is 0 Å². The van der Waals surface area contributed by atoms with E-state index in [1.165, 1.54) is 10.9 Å². The number of piperazine rings is 1. The van der Waals surface area contributed by atoms with Gasteiger partial charge in [0.15, 0.2) is 5.65 Å². The largest absolute Gasteiger partial charge is 0.495 e. The van der Waals surface area contributed by atoms with Crippen LogP contribution < -0.4 is 15.2 Å². The summed E-state index contributed by atoms with van der Waals surface area (Å²) in [6.07, 6.45) is 3.29. The lowest BCUT2D eigenvalue weighted by molar-refractivity contribution is -0.131. The number of methoxy groups -OCH3 is 1. The first-order chi connectivity index (χ1) is 17.0. The highest BCUT2D eigenvalue weighted by Crippen LogP contribution is 2.28. The first-order valence-electron chi connectivity index (χ1n) is 11.7. The minimum absolute atomic E-state index is 0.0343. The third-order valence-corrected chi connectivity index (χ3v) is 6.46. The Morgan fingerprint density at radius 1 is 1.03 bits per heavy atom. The summed E-state index contributed by atoms with van der Waals surface area (Å²) in [5.41, 5.74) is 3.35. The average Bonchev–Trinajstić information content (AvgIpc) is 3.33. The highest BCUT2D eigenvalue weighted by Gasteiger charge is 2.23. The number of ether oxygens (including phenoxy) is 1. The lowest BCUT2D eigenvalue weighted by Gasteiger charge is -2.36. The number of hydrogen-bond acceptors (Lipinski definition) is 6. The Balaban J connectivity index is 1.23. The predicted molar refractivity (Wildman–Crippen MR) is 134 cm³/mol. The van der Waals surface area contributed by atoms with Crippen LogP contribution in [-0.4, -0.2) is 63.4 Å². The molecule has 180 valence electrons. The van der Waals surface area contributed by atoms with Gasteiger partial charge in [0.25, 0.3) is 5.56 Å². The average molecular weight is 473 g/mol. The van der Waals surface area contributed by atoms with Gasteiger partial charge < -0.3 is 14.5 Å². The van der Waals surface area contributed by atoms with Crippen molar-refractivity contribution in [3.05, 3.63) is 77.0 Å². The van der Waals surface area contributed by atoms with Crippen molar-refractivity contribution < 1.29 is 9.53 Å². The molecule has 0 bridgehead atoms. The van der Waals surface area contributed by atoms with Crippen LogP contribution in [-0.2, 0) is 11.3 Å². The number of carbonyl (C=O) groups is 1. The van der Waals surface area contributed by atoms with Crippen molar-refractivity contribution in [3.8, 4) is 11.4 Å². The minimum Gasteiger partial charge on any atom is -0.495 e. The molecule has 0 radical (unpaired) electrons. The van der Waals surface area contributed by atoms with Gasteiger partial charge in [-0.1, -0.05) is 29.8 Å². The minimum atomic E-state index is -0.192. The van der Waals surface area contributed by atoms with Gasteiger partial charge in [0.05, 0.1) is 31.0 Å². The molecule has 0 aliphatic carbocycles. The SMILES string of the molecule is COc1ccccc1N1CCN(C(=O)CCn2cnc3c(cnn3-c3ccc(C)cc3)c2=O)CC1. The van der Waals surface area contributed by atoms with Gasteiger partial charge in [0.1, 0.15) is 11.1 Å². The van der Waals surface area contributed by atoms with Crippen LogP contribution in [0.25, 0.3) is 16.7 Å². The van der Waals surface area contributed by atoms with Gasteiger partial charge in [-0.15, -0.1) is 0 Å². The number of fused-ring (bicyclic) bond motifs is 1. The molecule has 9 nitrogen and oxygen atoms in total. The Hall–Kier alpha value is -4.14. The molecular weight excluding hydrogens is 444 g/mol. The molecule has 1 aliphatic heterocycles. The zero-order chi connectivity index (χ0) is 24.4. The van der Waals surface area contributed by atoms with E-state index in [9.17, 15) is 9.59 Å². The fraction of sp³-hybridized carbons (Fsp3) is 0.308. The fourth-order valence-corrected chi connectivity index (χ4v) is 4.44. The van der Waals surface area contributed by atoms with Crippen LogP contribution in [0.2, 0.25) is 0 Å². The van der Waals surface area contributed by atoms with Crippen LogP contribution in [0, 0.1) is 6.92 Å². The van der Waals surface area contributed by atoms with Crippen LogP contribution in [0.3, 0.4) is 0 Å². The fourth-order valence-electron chi connectivity index (χ4n) is 4.44. The molecule has 1 saturated heterocycles. The number of benzene rings is 2. The monoisotopic (exact) mass is 472 g/mol. The number of para-hydroxylation sites is 2. The van der Waals surface area contributed by atoms with Crippen LogP contribution in [0.5, 0.6) is 5.75 Å². The quantitative estimate of drug-likeness (QED) is 0.429. The Labute approximate surface area is 203 Å². The smallest absolute Gasteiger partial charge is 0.264 e. The van der Waals surface area contributed by atoms with Crippen molar-refractivity contribution >= 4 is 22.6 Å². The molecule has 9 heteroatoms. The third kappa shape index (κ3) is 4.49. The van der Waals surface area contributed by atoms with Gasteiger partial charge in [-0.25, -0.2) is 9.67 Å². The van der Waals surface area contributed by atoms with E-state index in [0.717, 1.165) is 35.8 Å². The maximum atomic E-state index is 13.0. The maximum Gasteiger partial charge on any atom is 0.264 e. The summed E-state index contributed by atoms with van der Waals surface area (Å²) in [4.78, 5) is 34.4. The summed E-state index contributed by atoms with van der Waals surface area (Å²) in [6, 6.07) is 15.8. The molecule has 0 saturated carbocycles. The topological polar surface area (TPSA) is 85.5 Å². The maximum absolute atomic E-state index is 13.0. The highest BCUT2D eigenvalue weighted by molar-refractivity contribution is 5.77. The Morgan fingerprint density at radius 3 is 2.51 bits per heavy atom. The second-order valence-electron chi connectivity index (χ2n) is 8.66. The Morgan fingerprint density at radius 2 is 1.77 bits per heavy atom. The molecule has 0 atom stereocenters. The standard InChI is InChI=1S/C26H28N6O3/c1-19-7-9-20(10-8-19)32-25-21(17-28-32)26(34)31(18-27-25)12-11-24(33)30-15-13-29(14-16-30)22-5-3-4-6-23(22)35-2/h3-10,17-18H,11-16H2,1-2H3. The van der Waals surface area contributed by atoms with Crippen molar-refractivity contribution in [3.63, 3.8) is 0 Å². The normalized spacial score (nSPS) is 13.9. The van der Waals surface area contributed by atoms with Crippen molar-refractivity contribution in [1.29, 1.82) is 0 Å². The molecule has 1 amide bonds. The van der Waals surface area contributed by atoms with Crippen LogP contribution in [0.1, 0.15) is 12.0 Å². The zero-order valence-corrected chi connectivity index (χ0v) is 19.9. The summed E-state index contributed by atoms with van der Waals surface area (Å²) in [7, 11) is 1.67. The van der Waals surface area contributed by atoms with E-state index < -0.39 is 0 Å². The van der Waals surface area contributed by atoms with Gasteiger partial charge in [0, 0.05) is 39.1 Å². The lowest BCUT2D eigenvalue weighted by Crippen LogP contribution is -2.49. The highest BCUT2D eigenvalue weighted by atomic mass is 16.5. The van der Waals surface area contributed by atoms with E-state index in [1.807, 2.05) is 60.4 Å². The van der Waals surface area contributed by atoms with Gasteiger partial charge in [-0.2, -0.15) is 5.10 Å². The summed E-state index contributed by atoms with van der Waals surface area (Å²) in [5, 5.41) is 4.80. The molecular formula is C26H28N6O3. The summed E-state index contributed by atoms with van der Waals surface area (Å²) in [6.45, 7) is 5.03. The van der Waals surface area contributed by atoms with Crippen LogP contribution in [0.4, 0.5) is 5.69 Å². The lowest BCUT2D eigenvalue weighted by atomic mass is 10.2. The number of aryl methyl sites for hydroxylation is 2. The second-order valence-corrected chi connectivity index (χ2v) is 8.66. The van der Waals surface area contributed by atoms with E-state index in [-0.39, 0.29) is 24.4 Å². The first kappa shape index (κ1) is 22.6. The van der Waals surface area contributed by atoms with E-state index in [2.05, 4.69) is 15.0 Å². The van der Waals surface area contributed by atoms with Crippen LogP contribution >= 0.6 is 0 Å². The molecule has 35 heavy (non-hydrogen) atoms. The molecule has 0 N–H and O–H groups in total. The van der Waals surface area contributed by atoms with E-state index in [4.69, 9.17) is 4.74 Å². The Bertz CT molecular complexity index is 1400. The van der Waals surface area contributed by atoms with Gasteiger partial charge >= 0.3 is 0 Å². The molecule has 1 fully saturated rings.